The first kappa shape index (κ1) is 12.6. The molecule has 2 aromatic heterocycles. The predicted octanol–water partition coefficient (Wildman–Crippen LogP) is 2.19. The monoisotopic (exact) mass is 268 g/mol. The number of methoxy groups -OCH3 is 1. The van der Waals surface area contributed by atoms with Gasteiger partial charge in [0.25, 0.3) is 0 Å². The van der Waals surface area contributed by atoms with Gasteiger partial charge in [0.2, 0.25) is 0 Å². The maximum atomic E-state index is 11.2. The average molecular weight is 268 g/mol. The summed E-state index contributed by atoms with van der Waals surface area (Å²) in [5.74, 6) is -0.286. The molecule has 2 N–H and O–H groups in total. The minimum atomic E-state index is -1.02. The van der Waals surface area contributed by atoms with Crippen LogP contribution in [0.4, 0.5) is 5.00 Å². The summed E-state index contributed by atoms with van der Waals surface area (Å²) in [4.78, 5) is 11.2. The van der Waals surface area contributed by atoms with E-state index in [0.29, 0.717) is 17.2 Å². The largest absolute Gasteiger partial charge is 0.478 e. The molecule has 0 amide bonds. The molecule has 2 heterocycles. The minimum absolute atomic E-state index is 0.161. The first-order valence-electron chi connectivity index (χ1n) is 5.19. The van der Waals surface area contributed by atoms with Crippen LogP contribution in [-0.2, 0) is 17.9 Å². The van der Waals surface area contributed by atoms with Crippen LogP contribution in [0.15, 0.2) is 22.8 Å². The summed E-state index contributed by atoms with van der Waals surface area (Å²) < 4.78 is 14.1. The van der Waals surface area contributed by atoms with Crippen LogP contribution < -0.4 is 5.32 Å². The van der Waals surface area contributed by atoms with Crippen molar-refractivity contribution in [3.8, 4) is 0 Å². The van der Waals surface area contributed by atoms with E-state index in [2.05, 4.69) is 9.69 Å². The van der Waals surface area contributed by atoms with E-state index in [1.807, 2.05) is 6.07 Å². The zero-order valence-corrected chi connectivity index (χ0v) is 10.5. The summed E-state index contributed by atoms with van der Waals surface area (Å²) in [5.41, 5.74) is 0.588. The van der Waals surface area contributed by atoms with Crippen LogP contribution in [0.3, 0.4) is 0 Å². The smallest absolute Gasteiger partial charge is 0.340 e. The molecule has 18 heavy (non-hydrogen) atoms. The number of rotatable bonds is 6. The number of ether oxygens (including phenoxy) is 1. The molecule has 0 spiro atoms. The Kier molecular flexibility index (Phi) is 3.96. The Morgan fingerprint density at radius 3 is 3.11 bits per heavy atom. The number of hydrogen-bond acceptors (Lipinski definition) is 6. The molecule has 0 fully saturated rings. The van der Waals surface area contributed by atoms with Gasteiger partial charge in [-0.3, -0.25) is 0 Å². The Morgan fingerprint density at radius 1 is 1.67 bits per heavy atom. The van der Waals surface area contributed by atoms with E-state index in [1.54, 1.807) is 12.3 Å². The van der Waals surface area contributed by atoms with Crippen molar-refractivity contribution in [2.75, 3.05) is 12.4 Å². The van der Waals surface area contributed by atoms with Crippen LogP contribution in [0.25, 0.3) is 0 Å². The predicted molar refractivity (Wildman–Crippen MR) is 65.8 cm³/mol. The zero-order chi connectivity index (χ0) is 13.0. The Bertz CT molecular complexity index is 521. The molecule has 0 radical (unpaired) electrons. The number of anilines is 1. The van der Waals surface area contributed by atoms with Crippen LogP contribution >= 0.6 is 11.5 Å². The SMILES string of the molecule is COCc1nsc(NCc2ccco2)c1C(=O)O. The normalized spacial score (nSPS) is 10.5. The van der Waals surface area contributed by atoms with Gasteiger partial charge >= 0.3 is 5.97 Å². The lowest BCUT2D eigenvalue weighted by Gasteiger charge is -2.03. The van der Waals surface area contributed by atoms with Crippen LogP contribution in [-0.4, -0.2) is 22.6 Å². The number of aromatic nitrogens is 1. The molecule has 0 aliphatic heterocycles. The van der Waals surface area contributed by atoms with Crippen LogP contribution in [0.2, 0.25) is 0 Å². The number of furan rings is 1. The molecule has 0 saturated carbocycles. The summed E-state index contributed by atoms with van der Waals surface area (Å²) in [7, 11) is 1.50. The Morgan fingerprint density at radius 2 is 2.50 bits per heavy atom. The molecule has 0 aliphatic rings. The van der Waals surface area contributed by atoms with Crippen molar-refractivity contribution in [2.45, 2.75) is 13.2 Å². The molecule has 7 heteroatoms. The molecular formula is C11H12N2O4S. The summed E-state index contributed by atoms with van der Waals surface area (Å²) in [6.45, 7) is 0.600. The summed E-state index contributed by atoms with van der Waals surface area (Å²) in [6.07, 6.45) is 1.57. The summed E-state index contributed by atoms with van der Waals surface area (Å²) >= 11 is 1.10. The molecule has 6 nitrogen and oxygen atoms in total. The molecule has 0 aliphatic carbocycles. The number of nitrogens with zero attached hydrogens (tertiary/aromatic N) is 1. The van der Waals surface area contributed by atoms with Crippen LogP contribution in [0, 0.1) is 0 Å². The van der Waals surface area contributed by atoms with Crippen molar-refractivity contribution in [1.82, 2.24) is 4.37 Å². The fourth-order valence-electron chi connectivity index (χ4n) is 1.48. The Hall–Kier alpha value is -1.86. The highest BCUT2D eigenvalue weighted by Gasteiger charge is 2.20. The van der Waals surface area contributed by atoms with Gasteiger partial charge in [-0.25, -0.2) is 4.79 Å². The first-order chi connectivity index (χ1) is 8.72. The van der Waals surface area contributed by atoms with Crippen LogP contribution in [0.1, 0.15) is 21.8 Å². The highest BCUT2D eigenvalue weighted by molar-refractivity contribution is 7.10. The molecule has 0 saturated heterocycles. The van der Waals surface area contributed by atoms with Crippen molar-refractivity contribution >= 4 is 22.5 Å². The average Bonchev–Trinajstić information content (AvgIpc) is 2.95. The van der Waals surface area contributed by atoms with Gasteiger partial charge in [-0.1, -0.05) is 0 Å². The molecule has 2 rings (SSSR count). The van der Waals surface area contributed by atoms with Crippen molar-refractivity contribution < 1.29 is 19.1 Å². The second kappa shape index (κ2) is 5.65. The van der Waals surface area contributed by atoms with Crippen molar-refractivity contribution in [3.05, 3.63) is 35.4 Å². The highest BCUT2D eigenvalue weighted by Crippen LogP contribution is 2.26. The van der Waals surface area contributed by atoms with Gasteiger partial charge in [0, 0.05) is 7.11 Å². The van der Waals surface area contributed by atoms with E-state index in [4.69, 9.17) is 14.3 Å². The fourth-order valence-corrected chi connectivity index (χ4v) is 2.26. The number of carboxylic acids is 1. The molecule has 2 aromatic rings. The summed E-state index contributed by atoms with van der Waals surface area (Å²) in [6, 6.07) is 3.59. The first-order valence-corrected chi connectivity index (χ1v) is 5.96. The van der Waals surface area contributed by atoms with Gasteiger partial charge < -0.3 is 19.6 Å². The molecule has 0 aromatic carbocycles. The van der Waals surface area contributed by atoms with Gasteiger partial charge in [0.1, 0.15) is 16.3 Å². The standard InChI is InChI=1S/C11H12N2O4S/c1-16-6-8-9(11(14)15)10(18-13-8)12-5-7-3-2-4-17-7/h2-4,12H,5-6H2,1H3,(H,14,15). The van der Waals surface area contributed by atoms with E-state index >= 15 is 0 Å². The van der Waals surface area contributed by atoms with E-state index in [-0.39, 0.29) is 12.2 Å². The van der Waals surface area contributed by atoms with E-state index in [0.717, 1.165) is 17.3 Å². The van der Waals surface area contributed by atoms with Gasteiger partial charge in [-0.05, 0) is 23.7 Å². The lowest BCUT2D eigenvalue weighted by atomic mass is 10.2. The van der Waals surface area contributed by atoms with Crippen molar-refractivity contribution in [3.63, 3.8) is 0 Å². The number of carboxylic acid groups (broad SMARTS) is 1. The van der Waals surface area contributed by atoms with E-state index in [1.165, 1.54) is 7.11 Å². The quantitative estimate of drug-likeness (QED) is 0.835. The van der Waals surface area contributed by atoms with Gasteiger partial charge in [-0.2, -0.15) is 4.37 Å². The summed E-state index contributed by atoms with van der Waals surface area (Å²) in [5, 5.41) is 12.7. The number of nitrogens with one attached hydrogen (secondary N) is 1. The van der Waals surface area contributed by atoms with Gasteiger partial charge in [0.05, 0.1) is 25.1 Å². The van der Waals surface area contributed by atoms with Gasteiger partial charge in [0.15, 0.2) is 0 Å². The number of aromatic carboxylic acids is 1. The Labute approximate surface area is 107 Å². The van der Waals surface area contributed by atoms with E-state index in [9.17, 15) is 4.79 Å². The Balaban J connectivity index is 2.14. The molecule has 0 bridgehead atoms. The van der Waals surface area contributed by atoms with Crippen molar-refractivity contribution in [2.24, 2.45) is 0 Å². The maximum absolute atomic E-state index is 11.2. The third-order valence-corrected chi connectivity index (χ3v) is 3.10. The highest BCUT2D eigenvalue weighted by atomic mass is 32.1. The number of hydrogen-bond donors (Lipinski definition) is 2. The zero-order valence-electron chi connectivity index (χ0n) is 9.67. The van der Waals surface area contributed by atoms with Crippen LogP contribution in [0.5, 0.6) is 0 Å². The third kappa shape index (κ3) is 2.69. The maximum Gasteiger partial charge on any atom is 0.340 e. The van der Waals surface area contributed by atoms with Gasteiger partial charge in [-0.15, -0.1) is 0 Å². The fraction of sp³-hybridized carbons (Fsp3) is 0.273. The topological polar surface area (TPSA) is 84.6 Å². The number of carbonyl (C=O) groups is 1. The van der Waals surface area contributed by atoms with E-state index < -0.39 is 5.97 Å². The minimum Gasteiger partial charge on any atom is -0.478 e. The molecular weight excluding hydrogens is 256 g/mol. The third-order valence-electron chi connectivity index (χ3n) is 2.26. The second-order valence-electron chi connectivity index (χ2n) is 3.50. The second-order valence-corrected chi connectivity index (χ2v) is 4.28. The lowest BCUT2D eigenvalue weighted by molar-refractivity contribution is 0.0693. The molecule has 0 atom stereocenters. The van der Waals surface area contributed by atoms with Crippen molar-refractivity contribution in [1.29, 1.82) is 0 Å². The molecule has 96 valence electrons. The molecule has 0 unspecified atom stereocenters. The lowest BCUT2D eigenvalue weighted by Crippen LogP contribution is -2.06.